The first-order valence-corrected chi connectivity index (χ1v) is 6.37. The first kappa shape index (κ1) is 14.1. The van der Waals surface area contributed by atoms with E-state index in [-0.39, 0.29) is 0 Å². The molecule has 0 aliphatic carbocycles. The maximum absolute atomic E-state index is 10.9. The molecule has 102 valence electrons. The van der Waals surface area contributed by atoms with Crippen molar-refractivity contribution in [3.05, 3.63) is 64.7 Å². The van der Waals surface area contributed by atoms with Gasteiger partial charge in [0.25, 0.3) is 0 Å². The van der Waals surface area contributed by atoms with Gasteiger partial charge in [0.2, 0.25) is 0 Å². The summed E-state index contributed by atoms with van der Waals surface area (Å²) in [6.45, 7) is 3.67. The molecule has 0 spiro atoms. The molecular formula is C17H17NO2. The molecule has 0 amide bonds. The van der Waals surface area contributed by atoms with E-state index in [4.69, 9.17) is 10.00 Å². The molecule has 1 unspecified atom stereocenters. The van der Waals surface area contributed by atoms with Crippen molar-refractivity contribution < 1.29 is 9.84 Å². The molecule has 20 heavy (non-hydrogen) atoms. The minimum Gasteiger partial charge on any atom is -0.497 e. The highest BCUT2D eigenvalue weighted by atomic mass is 16.5. The Morgan fingerprint density at radius 3 is 2.55 bits per heavy atom. The van der Waals surface area contributed by atoms with Gasteiger partial charge in [0.05, 0.1) is 18.7 Å². The van der Waals surface area contributed by atoms with E-state index in [1.165, 1.54) is 0 Å². The number of hydrogen-bond donors (Lipinski definition) is 1. The number of ether oxygens (including phenoxy) is 1. The Morgan fingerprint density at radius 1 is 1.20 bits per heavy atom. The molecular weight excluding hydrogens is 250 g/mol. The van der Waals surface area contributed by atoms with Crippen molar-refractivity contribution in [2.75, 3.05) is 7.11 Å². The Morgan fingerprint density at radius 2 is 1.95 bits per heavy atom. The number of aryl methyl sites for hydroxylation is 1. The Bertz CT molecular complexity index is 669. The van der Waals surface area contributed by atoms with Gasteiger partial charge >= 0.3 is 0 Å². The number of nitrogens with zero attached hydrogens (tertiary/aromatic N) is 1. The lowest BCUT2D eigenvalue weighted by molar-refractivity contribution is 0.101. The van der Waals surface area contributed by atoms with E-state index in [1.54, 1.807) is 32.2 Å². The van der Waals surface area contributed by atoms with Crippen LogP contribution in [0.1, 0.15) is 29.2 Å². The molecule has 3 nitrogen and oxygen atoms in total. The number of nitriles is 1. The van der Waals surface area contributed by atoms with Crippen LogP contribution in [0, 0.1) is 18.3 Å². The quantitative estimate of drug-likeness (QED) is 0.929. The maximum atomic E-state index is 10.9. The SMILES string of the molecule is COc1ccc(C(C)(O)c2cccc(C#N)c2)c(C)c1. The van der Waals surface area contributed by atoms with E-state index in [2.05, 4.69) is 6.07 Å². The van der Waals surface area contributed by atoms with Gasteiger partial charge in [-0.05, 0) is 54.8 Å². The van der Waals surface area contributed by atoms with Gasteiger partial charge in [-0.15, -0.1) is 0 Å². The molecule has 0 heterocycles. The summed E-state index contributed by atoms with van der Waals surface area (Å²) < 4.78 is 5.18. The van der Waals surface area contributed by atoms with E-state index in [0.717, 1.165) is 16.9 Å². The Labute approximate surface area is 119 Å². The van der Waals surface area contributed by atoms with Gasteiger partial charge in [0.15, 0.2) is 0 Å². The first-order chi connectivity index (χ1) is 9.48. The molecule has 0 bridgehead atoms. The van der Waals surface area contributed by atoms with Gasteiger partial charge in [0.1, 0.15) is 11.4 Å². The molecule has 0 saturated carbocycles. The predicted molar refractivity (Wildman–Crippen MR) is 77.6 cm³/mol. The largest absolute Gasteiger partial charge is 0.497 e. The van der Waals surface area contributed by atoms with E-state index < -0.39 is 5.60 Å². The van der Waals surface area contributed by atoms with Crippen molar-refractivity contribution in [1.29, 1.82) is 5.26 Å². The highest BCUT2D eigenvalue weighted by molar-refractivity contribution is 5.45. The fourth-order valence-electron chi connectivity index (χ4n) is 2.36. The monoisotopic (exact) mass is 267 g/mol. The van der Waals surface area contributed by atoms with Gasteiger partial charge in [0, 0.05) is 0 Å². The third-order valence-corrected chi connectivity index (χ3v) is 3.51. The molecule has 0 aliphatic heterocycles. The van der Waals surface area contributed by atoms with Gasteiger partial charge < -0.3 is 9.84 Å². The summed E-state index contributed by atoms with van der Waals surface area (Å²) in [6.07, 6.45) is 0. The van der Waals surface area contributed by atoms with Crippen LogP contribution in [0.3, 0.4) is 0 Å². The van der Waals surface area contributed by atoms with Crippen molar-refractivity contribution in [3.63, 3.8) is 0 Å². The maximum Gasteiger partial charge on any atom is 0.119 e. The van der Waals surface area contributed by atoms with Gasteiger partial charge in [-0.3, -0.25) is 0 Å². The van der Waals surface area contributed by atoms with Crippen LogP contribution < -0.4 is 4.74 Å². The highest BCUT2D eigenvalue weighted by Crippen LogP contribution is 2.33. The second-order valence-electron chi connectivity index (χ2n) is 4.95. The normalized spacial score (nSPS) is 13.3. The second-order valence-corrected chi connectivity index (χ2v) is 4.95. The number of benzene rings is 2. The molecule has 0 aromatic heterocycles. The van der Waals surface area contributed by atoms with Crippen LogP contribution in [0.4, 0.5) is 0 Å². The van der Waals surface area contributed by atoms with Crippen LogP contribution in [-0.4, -0.2) is 12.2 Å². The fourth-order valence-corrected chi connectivity index (χ4v) is 2.36. The van der Waals surface area contributed by atoms with E-state index in [9.17, 15) is 5.11 Å². The zero-order valence-electron chi connectivity index (χ0n) is 11.8. The summed E-state index contributed by atoms with van der Waals surface area (Å²) in [6, 6.07) is 14.7. The Kier molecular flexibility index (Phi) is 3.78. The second kappa shape index (κ2) is 5.36. The summed E-state index contributed by atoms with van der Waals surface area (Å²) >= 11 is 0. The molecule has 2 aromatic carbocycles. The van der Waals surface area contributed by atoms with Crippen LogP contribution in [0.2, 0.25) is 0 Å². The molecule has 2 rings (SSSR count). The molecule has 2 aromatic rings. The summed E-state index contributed by atoms with van der Waals surface area (Å²) in [4.78, 5) is 0. The van der Waals surface area contributed by atoms with Gasteiger partial charge in [-0.2, -0.15) is 5.26 Å². The predicted octanol–water partition coefficient (Wildman–Crippen LogP) is 3.13. The number of rotatable bonds is 3. The molecule has 0 fully saturated rings. The number of aliphatic hydroxyl groups is 1. The number of hydrogen-bond acceptors (Lipinski definition) is 3. The van der Waals surface area contributed by atoms with Gasteiger partial charge in [-0.25, -0.2) is 0 Å². The van der Waals surface area contributed by atoms with Crippen molar-refractivity contribution >= 4 is 0 Å². The molecule has 1 atom stereocenters. The fraction of sp³-hybridized carbons (Fsp3) is 0.235. The van der Waals surface area contributed by atoms with Crippen LogP contribution in [-0.2, 0) is 5.60 Å². The molecule has 0 saturated heterocycles. The van der Waals surface area contributed by atoms with Gasteiger partial charge in [-0.1, -0.05) is 18.2 Å². The first-order valence-electron chi connectivity index (χ1n) is 6.37. The Balaban J connectivity index is 2.51. The lowest BCUT2D eigenvalue weighted by atomic mass is 9.85. The minimum absolute atomic E-state index is 0.536. The van der Waals surface area contributed by atoms with Crippen molar-refractivity contribution in [2.24, 2.45) is 0 Å². The lowest BCUT2D eigenvalue weighted by Gasteiger charge is -2.26. The van der Waals surface area contributed by atoms with E-state index in [1.807, 2.05) is 31.2 Å². The summed E-state index contributed by atoms with van der Waals surface area (Å²) in [5.41, 5.74) is 1.83. The average molecular weight is 267 g/mol. The molecule has 1 N–H and O–H groups in total. The Hall–Kier alpha value is -2.31. The van der Waals surface area contributed by atoms with Crippen molar-refractivity contribution in [3.8, 4) is 11.8 Å². The average Bonchev–Trinajstić information content (AvgIpc) is 2.46. The summed E-state index contributed by atoms with van der Waals surface area (Å²) in [5.74, 6) is 0.757. The highest BCUT2D eigenvalue weighted by Gasteiger charge is 2.27. The molecule has 3 heteroatoms. The van der Waals surface area contributed by atoms with Crippen molar-refractivity contribution in [2.45, 2.75) is 19.4 Å². The summed E-state index contributed by atoms with van der Waals surface area (Å²) in [5, 5.41) is 19.8. The van der Waals surface area contributed by atoms with Crippen LogP contribution in [0.25, 0.3) is 0 Å². The standard InChI is InChI=1S/C17H17NO2/c1-12-9-15(20-3)7-8-16(12)17(2,19)14-6-4-5-13(10-14)11-18/h4-10,19H,1-3H3. The van der Waals surface area contributed by atoms with Crippen LogP contribution in [0.5, 0.6) is 5.75 Å². The summed E-state index contributed by atoms with van der Waals surface area (Å²) in [7, 11) is 1.61. The molecule has 0 aliphatic rings. The van der Waals surface area contributed by atoms with E-state index in [0.29, 0.717) is 11.1 Å². The smallest absolute Gasteiger partial charge is 0.119 e. The number of methoxy groups -OCH3 is 1. The van der Waals surface area contributed by atoms with E-state index >= 15 is 0 Å². The zero-order chi connectivity index (χ0) is 14.8. The third kappa shape index (κ3) is 2.52. The topological polar surface area (TPSA) is 53.2 Å². The minimum atomic E-state index is -1.15. The third-order valence-electron chi connectivity index (χ3n) is 3.51. The van der Waals surface area contributed by atoms with Crippen molar-refractivity contribution in [1.82, 2.24) is 0 Å². The van der Waals surface area contributed by atoms with Crippen LogP contribution in [0.15, 0.2) is 42.5 Å². The van der Waals surface area contributed by atoms with Crippen LogP contribution >= 0.6 is 0 Å². The lowest BCUT2D eigenvalue weighted by Crippen LogP contribution is -2.24. The molecule has 0 radical (unpaired) electrons. The zero-order valence-corrected chi connectivity index (χ0v) is 11.8.